The number of nitrogens with two attached hydrogens (primary N) is 1. The largest absolute Gasteiger partial charge is 0.434 e. The van der Waals surface area contributed by atoms with E-state index in [2.05, 4.69) is 15.5 Å². The first kappa shape index (κ1) is 24.3. The minimum atomic E-state index is -5.03. The molecule has 3 rings (SSSR count). The molecule has 1 amide bonds. The summed E-state index contributed by atoms with van der Waals surface area (Å²) in [6.07, 6.45) is -4.47. The zero-order valence-corrected chi connectivity index (χ0v) is 18.2. The fourth-order valence-corrected chi connectivity index (χ4v) is 3.35. The molecular formula is C21H14Cl2F4N4O2. The van der Waals surface area contributed by atoms with Crippen molar-refractivity contribution in [2.24, 2.45) is 10.7 Å². The van der Waals surface area contributed by atoms with Crippen LogP contribution in [0.3, 0.4) is 0 Å². The molecule has 0 aliphatic carbocycles. The van der Waals surface area contributed by atoms with E-state index in [4.69, 9.17) is 33.5 Å². The molecule has 3 N–H and O–H groups in total. The van der Waals surface area contributed by atoms with E-state index in [-0.39, 0.29) is 21.3 Å². The van der Waals surface area contributed by atoms with Crippen molar-refractivity contribution in [3.05, 3.63) is 75.9 Å². The molecule has 2 aromatic carbocycles. The van der Waals surface area contributed by atoms with E-state index in [1.165, 1.54) is 43.4 Å². The second-order valence-corrected chi connectivity index (χ2v) is 7.27. The Kier molecular flexibility index (Phi) is 7.09. The van der Waals surface area contributed by atoms with Crippen LogP contribution in [0.5, 0.6) is 0 Å². The molecule has 33 heavy (non-hydrogen) atoms. The monoisotopic (exact) mass is 500 g/mol. The van der Waals surface area contributed by atoms with Crippen LogP contribution in [0.25, 0.3) is 16.8 Å². The molecule has 0 bridgehead atoms. The maximum atomic E-state index is 14.5. The number of halogens is 6. The van der Waals surface area contributed by atoms with E-state index >= 15 is 0 Å². The minimum absolute atomic E-state index is 0.132. The average Bonchev–Trinajstić information content (AvgIpc) is 3.16. The Balaban J connectivity index is 2.29. The van der Waals surface area contributed by atoms with Gasteiger partial charge < -0.3 is 15.6 Å². The standard InChI is InChI=1S/C21H14Cl2F4N4O2/c1-29-20(32)16-17(15-13(23)6-3-7-14(15)24)31-33-18(16)12(9-28)19(21(25,26)27)30-11-5-2-4-10(22)8-11/h2-9H,28H2,1H3,(H,29,32)/b12-9-,30-19?. The van der Waals surface area contributed by atoms with Gasteiger partial charge in [0.1, 0.15) is 17.1 Å². The summed E-state index contributed by atoms with van der Waals surface area (Å²) in [5, 5.41) is 5.91. The number of aliphatic imine (C=N–C) groups is 1. The lowest BCUT2D eigenvalue weighted by Crippen LogP contribution is -2.26. The lowest BCUT2D eigenvalue weighted by Gasteiger charge is -2.13. The Morgan fingerprint density at radius 1 is 1.21 bits per heavy atom. The zero-order chi connectivity index (χ0) is 24.3. The van der Waals surface area contributed by atoms with Gasteiger partial charge in [-0.3, -0.25) is 4.79 Å². The highest BCUT2D eigenvalue weighted by Gasteiger charge is 2.42. The van der Waals surface area contributed by atoms with E-state index < -0.39 is 46.2 Å². The molecule has 12 heteroatoms. The van der Waals surface area contributed by atoms with Crippen molar-refractivity contribution in [3.63, 3.8) is 0 Å². The highest BCUT2D eigenvalue weighted by atomic mass is 35.5. The van der Waals surface area contributed by atoms with Gasteiger partial charge in [-0.25, -0.2) is 9.38 Å². The molecule has 0 aliphatic heterocycles. The predicted octanol–water partition coefficient (Wildman–Crippen LogP) is 5.78. The number of aromatic nitrogens is 1. The molecule has 0 saturated heterocycles. The maximum Gasteiger partial charge on any atom is 0.434 e. The van der Waals surface area contributed by atoms with Gasteiger partial charge in [0, 0.05) is 18.3 Å². The van der Waals surface area contributed by atoms with E-state index in [0.717, 1.165) is 6.07 Å². The Bertz CT molecular complexity index is 1250. The Morgan fingerprint density at radius 3 is 2.48 bits per heavy atom. The van der Waals surface area contributed by atoms with Crippen LogP contribution in [-0.4, -0.2) is 30.0 Å². The zero-order valence-electron chi connectivity index (χ0n) is 16.7. The highest BCUT2D eigenvalue weighted by molar-refractivity contribution is 6.34. The number of nitrogens with zero attached hydrogens (tertiary/aromatic N) is 2. The topological polar surface area (TPSA) is 93.5 Å². The molecule has 0 aliphatic rings. The number of hydrogen-bond acceptors (Lipinski definition) is 5. The molecule has 1 aromatic heterocycles. The number of amides is 1. The predicted molar refractivity (Wildman–Crippen MR) is 117 cm³/mol. The van der Waals surface area contributed by atoms with Crippen LogP contribution in [0.2, 0.25) is 10.0 Å². The van der Waals surface area contributed by atoms with E-state index in [1.54, 1.807) is 0 Å². The number of benzene rings is 2. The normalized spacial score (nSPS) is 12.7. The molecule has 172 valence electrons. The summed E-state index contributed by atoms with van der Waals surface area (Å²) in [4.78, 5) is 16.2. The highest BCUT2D eigenvalue weighted by Crippen LogP contribution is 2.38. The van der Waals surface area contributed by atoms with Crippen molar-refractivity contribution < 1.29 is 26.9 Å². The van der Waals surface area contributed by atoms with Gasteiger partial charge in [-0.1, -0.05) is 40.5 Å². The third-order valence-corrected chi connectivity index (χ3v) is 4.88. The number of rotatable bonds is 5. The van der Waals surface area contributed by atoms with Crippen LogP contribution in [0.4, 0.5) is 23.2 Å². The number of hydrogen-bond donors (Lipinski definition) is 2. The molecule has 0 fully saturated rings. The smallest absolute Gasteiger partial charge is 0.404 e. The number of carbonyl (C=O) groups is 1. The molecule has 6 nitrogen and oxygen atoms in total. The SMILES string of the molecule is CNC(=O)c1c(-c2c(F)cccc2Cl)noc1/C(=C/N)C(=Nc1cccc(Cl)c1)C(F)(F)F. The number of carbonyl (C=O) groups excluding carboxylic acids is 1. The van der Waals surface area contributed by atoms with Crippen molar-refractivity contribution in [2.45, 2.75) is 6.18 Å². The first-order valence-electron chi connectivity index (χ1n) is 9.08. The van der Waals surface area contributed by atoms with Crippen molar-refractivity contribution in [1.82, 2.24) is 10.5 Å². The third-order valence-electron chi connectivity index (χ3n) is 4.33. The molecule has 0 radical (unpaired) electrons. The van der Waals surface area contributed by atoms with Crippen LogP contribution in [0.15, 0.2) is 58.2 Å². The summed E-state index contributed by atoms with van der Waals surface area (Å²) >= 11 is 11.9. The maximum absolute atomic E-state index is 14.5. The molecule has 3 aromatic rings. The van der Waals surface area contributed by atoms with Crippen LogP contribution >= 0.6 is 23.2 Å². The minimum Gasteiger partial charge on any atom is -0.404 e. The second kappa shape index (κ2) is 9.63. The van der Waals surface area contributed by atoms with Crippen LogP contribution < -0.4 is 11.1 Å². The van der Waals surface area contributed by atoms with Crippen LogP contribution in [0, 0.1) is 5.82 Å². The molecule has 0 spiro atoms. The summed E-state index contributed by atoms with van der Waals surface area (Å²) in [7, 11) is 1.22. The lowest BCUT2D eigenvalue weighted by molar-refractivity contribution is -0.0571. The fourth-order valence-electron chi connectivity index (χ4n) is 2.92. The van der Waals surface area contributed by atoms with Crippen LogP contribution in [0.1, 0.15) is 16.1 Å². The second-order valence-electron chi connectivity index (χ2n) is 6.43. The lowest BCUT2D eigenvalue weighted by atomic mass is 9.99. The van der Waals surface area contributed by atoms with Crippen molar-refractivity contribution in [2.75, 3.05) is 7.05 Å². The van der Waals surface area contributed by atoms with E-state index in [1.807, 2.05) is 0 Å². The number of nitrogens with one attached hydrogen (secondary N) is 1. The molecule has 0 atom stereocenters. The van der Waals surface area contributed by atoms with Gasteiger partial charge in [-0.05, 0) is 30.3 Å². The molecular weight excluding hydrogens is 487 g/mol. The van der Waals surface area contributed by atoms with Crippen LogP contribution in [-0.2, 0) is 0 Å². The molecule has 0 unspecified atom stereocenters. The average molecular weight is 501 g/mol. The summed E-state index contributed by atoms with van der Waals surface area (Å²) < 4.78 is 61.6. The quantitative estimate of drug-likeness (QED) is 0.342. The van der Waals surface area contributed by atoms with Gasteiger partial charge in [0.15, 0.2) is 11.5 Å². The van der Waals surface area contributed by atoms with Gasteiger partial charge in [-0.2, -0.15) is 13.2 Å². The Hall–Kier alpha value is -3.37. The molecule has 0 saturated carbocycles. The van der Waals surface area contributed by atoms with Gasteiger partial charge in [0.25, 0.3) is 5.91 Å². The van der Waals surface area contributed by atoms with Crippen molar-refractivity contribution in [1.29, 1.82) is 0 Å². The van der Waals surface area contributed by atoms with Crippen molar-refractivity contribution >= 4 is 46.1 Å². The van der Waals surface area contributed by atoms with E-state index in [0.29, 0.717) is 6.20 Å². The first-order valence-corrected chi connectivity index (χ1v) is 9.84. The van der Waals surface area contributed by atoms with Crippen molar-refractivity contribution in [3.8, 4) is 11.3 Å². The first-order chi connectivity index (χ1) is 15.6. The molecule has 1 heterocycles. The number of allylic oxidation sites excluding steroid dienone is 1. The summed E-state index contributed by atoms with van der Waals surface area (Å²) in [6, 6.07) is 9.03. The fraction of sp³-hybridized carbons (Fsp3) is 0.0952. The summed E-state index contributed by atoms with van der Waals surface area (Å²) in [5.74, 6) is -2.46. The van der Waals surface area contributed by atoms with Gasteiger partial charge in [0.05, 0.1) is 21.8 Å². The van der Waals surface area contributed by atoms with Gasteiger partial charge >= 0.3 is 6.18 Å². The third kappa shape index (κ3) is 5.01. The Morgan fingerprint density at radius 2 is 1.91 bits per heavy atom. The number of alkyl halides is 3. The Labute approximate surface area is 194 Å². The van der Waals surface area contributed by atoms with Gasteiger partial charge in [-0.15, -0.1) is 0 Å². The van der Waals surface area contributed by atoms with E-state index in [9.17, 15) is 22.4 Å². The summed E-state index contributed by atoms with van der Waals surface area (Å²) in [5.41, 5.74) is 1.85. The van der Waals surface area contributed by atoms with Gasteiger partial charge in [0.2, 0.25) is 0 Å². The summed E-state index contributed by atoms with van der Waals surface area (Å²) in [6.45, 7) is 0.